The summed E-state index contributed by atoms with van der Waals surface area (Å²) in [4.78, 5) is 27.7. The zero-order chi connectivity index (χ0) is 27.8. The summed E-state index contributed by atoms with van der Waals surface area (Å²) >= 11 is 12.4. The molecule has 37 heavy (non-hydrogen) atoms. The molecule has 0 saturated heterocycles. The minimum atomic E-state index is -3.56. The third-order valence-corrected chi connectivity index (χ3v) is 8.12. The van der Waals surface area contributed by atoms with Gasteiger partial charge in [-0.05, 0) is 68.5 Å². The predicted molar refractivity (Wildman–Crippen MR) is 152 cm³/mol. The number of aryl methyl sites for hydroxylation is 1. The van der Waals surface area contributed by atoms with E-state index in [-0.39, 0.29) is 37.7 Å². The van der Waals surface area contributed by atoms with E-state index < -0.39 is 16.1 Å². The number of amides is 2. The maximum Gasteiger partial charge on any atom is 0.242 e. The van der Waals surface area contributed by atoms with Crippen LogP contribution in [0.1, 0.15) is 56.2 Å². The zero-order valence-corrected chi connectivity index (χ0v) is 24.5. The molecule has 2 aromatic carbocycles. The average molecular weight is 571 g/mol. The molecule has 2 amide bonds. The minimum Gasteiger partial charge on any atom is -0.354 e. The molecule has 0 aromatic heterocycles. The molecule has 0 heterocycles. The number of halogens is 2. The Labute approximate surface area is 231 Å². The Balaban J connectivity index is 2.22. The highest BCUT2D eigenvalue weighted by molar-refractivity contribution is 7.92. The molecule has 7 nitrogen and oxygen atoms in total. The molecular formula is C27H37Cl2N3O4S. The number of sulfonamides is 1. The first kappa shape index (κ1) is 30.9. The van der Waals surface area contributed by atoms with Crippen molar-refractivity contribution in [2.24, 2.45) is 0 Å². The number of nitrogens with one attached hydrogen (secondary N) is 1. The van der Waals surface area contributed by atoms with E-state index in [1.807, 2.05) is 32.9 Å². The van der Waals surface area contributed by atoms with E-state index in [2.05, 4.69) is 5.32 Å². The van der Waals surface area contributed by atoms with Crippen LogP contribution >= 0.6 is 23.2 Å². The molecule has 0 bridgehead atoms. The number of carbonyl (C=O) groups excluding carboxylic acids is 2. The predicted octanol–water partition coefficient (Wildman–Crippen LogP) is 5.49. The first-order valence-electron chi connectivity index (χ1n) is 12.4. The lowest BCUT2D eigenvalue weighted by molar-refractivity contribution is -0.140. The maximum absolute atomic E-state index is 13.4. The van der Waals surface area contributed by atoms with Crippen LogP contribution in [0.3, 0.4) is 0 Å². The van der Waals surface area contributed by atoms with Gasteiger partial charge in [0.05, 0.1) is 11.9 Å². The molecule has 0 saturated carbocycles. The van der Waals surface area contributed by atoms with Crippen molar-refractivity contribution in [3.8, 4) is 0 Å². The normalized spacial score (nSPS) is 12.2. The minimum absolute atomic E-state index is 0.0642. The number of carbonyl (C=O) groups is 2. The van der Waals surface area contributed by atoms with Gasteiger partial charge in [0, 0.05) is 36.1 Å². The van der Waals surface area contributed by atoms with E-state index in [4.69, 9.17) is 23.2 Å². The molecule has 204 valence electrons. The molecule has 0 spiro atoms. The van der Waals surface area contributed by atoms with Gasteiger partial charge in [0.1, 0.15) is 6.04 Å². The van der Waals surface area contributed by atoms with Gasteiger partial charge in [-0.1, -0.05) is 54.7 Å². The molecule has 0 aliphatic rings. The summed E-state index contributed by atoms with van der Waals surface area (Å²) < 4.78 is 26.5. The van der Waals surface area contributed by atoms with Gasteiger partial charge in [0.2, 0.25) is 21.8 Å². The van der Waals surface area contributed by atoms with Crippen molar-refractivity contribution >= 4 is 50.7 Å². The Morgan fingerprint density at radius 2 is 1.78 bits per heavy atom. The van der Waals surface area contributed by atoms with Crippen molar-refractivity contribution in [3.05, 3.63) is 63.1 Å². The maximum atomic E-state index is 13.4. The molecule has 2 aromatic rings. The van der Waals surface area contributed by atoms with Crippen LogP contribution in [-0.4, -0.2) is 50.5 Å². The Hall–Kier alpha value is -2.29. The standard InChI is InChI=1S/C27H37Cl2N3O4S/c1-6-7-15-30-27(34)21(4)31(18-22-13-14-23(28)17-24(22)29)26(33)12-9-16-32(37(5,35)36)25-11-8-10-19(2)20(25)3/h8,10-11,13-14,17,21H,6-7,9,12,15-16,18H2,1-5H3,(H,30,34)/t21-/m1/s1. The first-order valence-corrected chi connectivity index (χ1v) is 15.0. The molecule has 0 fully saturated rings. The molecule has 10 heteroatoms. The van der Waals surface area contributed by atoms with Gasteiger partial charge in [0.25, 0.3) is 0 Å². The number of rotatable bonds is 13. The van der Waals surface area contributed by atoms with Gasteiger partial charge in [-0.25, -0.2) is 8.42 Å². The average Bonchev–Trinajstić information content (AvgIpc) is 2.82. The Morgan fingerprint density at radius 3 is 2.41 bits per heavy atom. The van der Waals surface area contributed by atoms with Gasteiger partial charge in [-0.15, -0.1) is 0 Å². The summed E-state index contributed by atoms with van der Waals surface area (Å²) in [5, 5.41) is 3.76. The topological polar surface area (TPSA) is 86.8 Å². The van der Waals surface area contributed by atoms with Crippen molar-refractivity contribution in [1.82, 2.24) is 10.2 Å². The lowest BCUT2D eigenvalue weighted by Gasteiger charge is -2.30. The molecule has 0 unspecified atom stereocenters. The number of unbranched alkanes of at least 4 members (excludes halogenated alkanes) is 1. The summed E-state index contributed by atoms with van der Waals surface area (Å²) in [6, 6.07) is 9.79. The van der Waals surface area contributed by atoms with Gasteiger partial charge < -0.3 is 10.2 Å². The van der Waals surface area contributed by atoms with Crippen LogP contribution in [0.25, 0.3) is 0 Å². The van der Waals surface area contributed by atoms with Crippen LogP contribution in [0.2, 0.25) is 10.0 Å². The summed E-state index contributed by atoms with van der Waals surface area (Å²) in [7, 11) is -3.56. The first-order chi connectivity index (χ1) is 17.4. The van der Waals surface area contributed by atoms with Crippen molar-refractivity contribution in [2.75, 3.05) is 23.7 Å². The van der Waals surface area contributed by atoms with E-state index in [1.54, 1.807) is 31.2 Å². The Bertz CT molecular complexity index is 1200. The summed E-state index contributed by atoms with van der Waals surface area (Å²) in [5.41, 5.74) is 3.12. The van der Waals surface area contributed by atoms with E-state index in [9.17, 15) is 18.0 Å². The highest BCUT2D eigenvalue weighted by Crippen LogP contribution is 2.26. The van der Waals surface area contributed by atoms with Gasteiger partial charge >= 0.3 is 0 Å². The monoisotopic (exact) mass is 569 g/mol. The fourth-order valence-corrected chi connectivity index (χ4v) is 5.42. The van der Waals surface area contributed by atoms with Crippen molar-refractivity contribution in [2.45, 2.75) is 66.0 Å². The quantitative estimate of drug-likeness (QED) is 0.323. The summed E-state index contributed by atoms with van der Waals surface area (Å²) in [6.07, 6.45) is 3.29. The molecule has 0 aliphatic carbocycles. The van der Waals surface area contributed by atoms with Gasteiger partial charge in [-0.3, -0.25) is 13.9 Å². The molecule has 0 aliphatic heterocycles. The number of nitrogens with zero attached hydrogens (tertiary/aromatic N) is 2. The number of benzene rings is 2. The third-order valence-electron chi connectivity index (χ3n) is 6.35. The SMILES string of the molecule is CCCCNC(=O)[C@@H](C)N(Cc1ccc(Cl)cc1Cl)C(=O)CCCN(c1cccc(C)c1C)S(C)(=O)=O. The highest BCUT2D eigenvalue weighted by atomic mass is 35.5. The number of anilines is 1. The number of hydrogen-bond acceptors (Lipinski definition) is 4. The fourth-order valence-electron chi connectivity index (χ4n) is 3.94. The van der Waals surface area contributed by atoms with Crippen LogP contribution < -0.4 is 9.62 Å². The van der Waals surface area contributed by atoms with E-state index in [0.29, 0.717) is 27.8 Å². The summed E-state index contributed by atoms with van der Waals surface area (Å²) in [6.45, 7) is 8.32. The second-order valence-corrected chi connectivity index (χ2v) is 12.0. The Morgan fingerprint density at radius 1 is 1.08 bits per heavy atom. The van der Waals surface area contributed by atoms with Gasteiger partial charge in [-0.2, -0.15) is 0 Å². The zero-order valence-electron chi connectivity index (χ0n) is 22.2. The highest BCUT2D eigenvalue weighted by Gasteiger charge is 2.27. The fraction of sp³-hybridized carbons (Fsp3) is 0.481. The van der Waals surface area contributed by atoms with Crippen LogP contribution in [0.15, 0.2) is 36.4 Å². The van der Waals surface area contributed by atoms with Crippen molar-refractivity contribution < 1.29 is 18.0 Å². The second-order valence-electron chi connectivity index (χ2n) is 9.24. The second kappa shape index (κ2) is 14.0. The lowest BCUT2D eigenvalue weighted by atomic mass is 10.1. The molecule has 1 atom stereocenters. The molecular weight excluding hydrogens is 533 g/mol. The smallest absolute Gasteiger partial charge is 0.242 e. The lowest BCUT2D eigenvalue weighted by Crippen LogP contribution is -2.48. The largest absolute Gasteiger partial charge is 0.354 e. The van der Waals surface area contributed by atoms with E-state index >= 15 is 0 Å². The van der Waals surface area contributed by atoms with Crippen LogP contribution in [0, 0.1) is 13.8 Å². The van der Waals surface area contributed by atoms with Crippen LogP contribution in [0.4, 0.5) is 5.69 Å². The molecule has 0 radical (unpaired) electrons. The van der Waals surface area contributed by atoms with Crippen molar-refractivity contribution in [1.29, 1.82) is 0 Å². The van der Waals surface area contributed by atoms with E-state index in [1.165, 1.54) is 9.21 Å². The number of hydrogen-bond donors (Lipinski definition) is 1. The Kier molecular flexibility index (Phi) is 11.7. The molecule has 1 N–H and O–H groups in total. The summed E-state index contributed by atoms with van der Waals surface area (Å²) in [5.74, 6) is -0.515. The van der Waals surface area contributed by atoms with Crippen LogP contribution in [0.5, 0.6) is 0 Å². The van der Waals surface area contributed by atoms with Crippen molar-refractivity contribution in [3.63, 3.8) is 0 Å². The third kappa shape index (κ3) is 8.90. The molecule has 2 rings (SSSR count). The van der Waals surface area contributed by atoms with E-state index in [0.717, 1.165) is 30.2 Å². The van der Waals surface area contributed by atoms with Crippen LogP contribution in [-0.2, 0) is 26.2 Å². The van der Waals surface area contributed by atoms with Gasteiger partial charge in [0.15, 0.2) is 0 Å².